The van der Waals surface area contributed by atoms with Crippen molar-refractivity contribution in [3.8, 4) is 0 Å². The van der Waals surface area contributed by atoms with Crippen molar-refractivity contribution in [2.45, 2.75) is 13.8 Å². The SMILES string of the molecule is Cc1ccc(N(c2ccc(C)cc2)c2ccc(Cl)c3sc4ccccc4c23)cc1. The molecule has 0 bridgehead atoms. The van der Waals surface area contributed by atoms with Crippen LogP contribution in [0, 0.1) is 13.8 Å². The third kappa shape index (κ3) is 3.19. The first-order valence-electron chi connectivity index (χ1n) is 9.65. The number of benzene rings is 4. The zero-order valence-electron chi connectivity index (χ0n) is 16.3. The van der Waals surface area contributed by atoms with Gasteiger partial charge in [0.05, 0.1) is 15.4 Å². The van der Waals surface area contributed by atoms with E-state index < -0.39 is 0 Å². The highest BCUT2D eigenvalue weighted by atomic mass is 35.5. The summed E-state index contributed by atoms with van der Waals surface area (Å²) in [5, 5.41) is 3.26. The third-order valence-corrected chi connectivity index (χ3v) is 6.91. The van der Waals surface area contributed by atoms with E-state index in [0.29, 0.717) is 0 Å². The molecule has 1 heterocycles. The second kappa shape index (κ2) is 7.22. The van der Waals surface area contributed by atoms with Crippen LogP contribution in [0.1, 0.15) is 11.1 Å². The zero-order valence-corrected chi connectivity index (χ0v) is 17.9. The van der Waals surface area contributed by atoms with Gasteiger partial charge in [0.15, 0.2) is 0 Å². The van der Waals surface area contributed by atoms with Crippen LogP contribution in [0.4, 0.5) is 17.1 Å². The van der Waals surface area contributed by atoms with Gasteiger partial charge >= 0.3 is 0 Å². The number of aryl methyl sites for hydroxylation is 2. The van der Waals surface area contributed by atoms with Gasteiger partial charge in [0.25, 0.3) is 0 Å². The second-order valence-corrected chi connectivity index (χ2v) is 8.83. The number of nitrogens with zero attached hydrogens (tertiary/aromatic N) is 1. The molecule has 0 aliphatic carbocycles. The smallest absolute Gasteiger partial charge is 0.0586 e. The fourth-order valence-corrected chi connectivity index (χ4v) is 5.18. The highest BCUT2D eigenvalue weighted by Crippen LogP contribution is 2.46. The molecular formula is C26H20ClNS. The minimum absolute atomic E-state index is 0.803. The summed E-state index contributed by atoms with van der Waals surface area (Å²) in [6.07, 6.45) is 0. The van der Waals surface area contributed by atoms with Crippen molar-refractivity contribution in [3.05, 3.63) is 101 Å². The first kappa shape index (κ1) is 18.2. The first-order valence-corrected chi connectivity index (χ1v) is 10.8. The Labute approximate surface area is 179 Å². The molecule has 0 saturated heterocycles. The molecule has 0 atom stereocenters. The van der Waals surface area contributed by atoms with E-state index in [1.807, 2.05) is 6.07 Å². The molecule has 0 amide bonds. The molecule has 5 aromatic rings. The average Bonchev–Trinajstić information content (AvgIpc) is 3.13. The molecule has 0 unspecified atom stereocenters. The van der Waals surface area contributed by atoms with Crippen molar-refractivity contribution in [1.29, 1.82) is 0 Å². The van der Waals surface area contributed by atoms with Gasteiger partial charge < -0.3 is 4.90 Å². The van der Waals surface area contributed by atoms with Gasteiger partial charge in [0, 0.05) is 26.8 Å². The molecule has 3 heteroatoms. The van der Waals surface area contributed by atoms with Crippen LogP contribution in [0.5, 0.6) is 0 Å². The Hall–Kier alpha value is -2.81. The number of rotatable bonds is 3. The molecule has 1 nitrogen and oxygen atoms in total. The maximum atomic E-state index is 6.63. The minimum Gasteiger partial charge on any atom is -0.310 e. The first-order chi connectivity index (χ1) is 14.1. The number of anilines is 3. The largest absolute Gasteiger partial charge is 0.310 e. The number of halogens is 1. The number of hydrogen-bond acceptors (Lipinski definition) is 2. The van der Waals surface area contributed by atoms with Crippen molar-refractivity contribution < 1.29 is 0 Å². The van der Waals surface area contributed by atoms with Crippen LogP contribution in [-0.4, -0.2) is 0 Å². The summed E-state index contributed by atoms with van der Waals surface area (Å²) in [5.74, 6) is 0. The van der Waals surface area contributed by atoms with Crippen molar-refractivity contribution in [2.24, 2.45) is 0 Å². The Kier molecular flexibility index (Phi) is 4.54. The van der Waals surface area contributed by atoms with E-state index in [1.54, 1.807) is 11.3 Å². The lowest BCUT2D eigenvalue weighted by atomic mass is 10.1. The normalized spacial score (nSPS) is 11.3. The molecular weight excluding hydrogens is 394 g/mol. The van der Waals surface area contributed by atoms with Gasteiger partial charge in [-0.25, -0.2) is 0 Å². The molecule has 0 fully saturated rings. The maximum Gasteiger partial charge on any atom is 0.0586 e. The Morgan fingerprint density at radius 1 is 0.690 bits per heavy atom. The lowest BCUT2D eigenvalue weighted by molar-refractivity contribution is 1.28. The predicted molar refractivity (Wildman–Crippen MR) is 128 cm³/mol. The maximum absolute atomic E-state index is 6.63. The molecule has 1 aromatic heterocycles. The number of fused-ring (bicyclic) bond motifs is 3. The standard InChI is InChI=1S/C26H20ClNS/c1-17-7-11-19(12-8-17)28(20-13-9-18(2)10-14-20)23-16-15-22(27)26-25(23)21-5-3-4-6-24(21)29-26/h3-16H,1-2H3. The fraction of sp³-hybridized carbons (Fsp3) is 0.0769. The van der Waals surface area contributed by atoms with E-state index in [-0.39, 0.29) is 0 Å². The Bertz CT molecular complexity index is 1270. The van der Waals surface area contributed by atoms with Crippen LogP contribution in [0.2, 0.25) is 5.02 Å². The van der Waals surface area contributed by atoms with Gasteiger partial charge in [0.2, 0.25) is 0 Å². The van der Waals surface area contributed by atoms with Gasteiger partial charge in [-0.05, 0) is 56.3 Å². The minimum atomic E-state index is 0.803. The number of thiophene rings is 1. The Morgan fingerprint density at radius 2 is 1.28 bits per heavy atom. The van der Waals surface area contributed by atoms with Crippen molar-refractivity contribution in [2.75, 3.05) is 4.90 Å². The van der Waals surface area contributed by atoms with Gasteiger partial charge in [-0.1, -0.05) is 65.2 Å². The van der Waals surface area contributed by atoms with E-state index >= 15 is 0 Å². The molecule has 0 spiro atoms. The van der Waals surface area contributed by atoms with E-state index in [0.717, 1.165) is 26.8 Å². The summed E-state index contributed by atoms with van der Waals surface area (Å²) in [6.45, 7) is 4.24. The molecule has 0 radical (unpaired) electrons. The lowest BCUT2D eigenvalue weighted by Gasteiger charge is -2.27. The summed E-state index contributed by atoms with van der Waals surface area (Å²) in [7, 11) is 0. The fourth-order valence-electron chi connectivity index (χ4n) is 3.78. The summed E-state index contributed by atoms with van der Waals surface area (Å²) in [5.41, 5.74) is 5.92. The predicted octanol–water partition coefficient (Wildman–Crippen LogP) is 8.79. The molecule has 29 heavy (non-hydrogen) atoms. The summed E-state index contributed by atoms with van der Waals surface area (Å²) < 4.78 is 2.39. The quantitative estimate of drug-likeness (QED) is 0.285. The van der Waals surface area contributed by atoms with Gasteiger partial charge in [-0.3, -0.25) is 0 Å². The summed E-state index contributed by atoms with van der Waals surface area (Å²) in [4.78, 5) is 2.33. The molecule has 0 aliphatic rings. The van der Waals surface area contributed by atoms with Crippen LogP contribution in [0.15, 0.2) is 84.9 Å². The lowest BCUT2D eigenvalue weighted by Crippen LogP contribution is -2.10. The second-order valence-electron chi connectivity index (χ2n) is 7.38. The highest BCUT2D eigenvalue weighted by Gasteiger charge is 2.19. The van der Waals surface area contributed by atoms with Crippen molar-refractivity contribution in [3.63, 3.8) is 0 Å². The van der Waals surface area contributed by atoms with E-state index in [4.69, 9.17) is 11.6 Å². The Morgan fingerprint density at radius 3 is 1.90 bits per heavy atom. The monoisotopic (exact) mass is 413 g/mol. The van der Waals surface area contributed by atoms with Crippen LogP contribution in [0.25, 0.3) is 20.2 Å². The molecule has 0 N–H and O–H groups in total. The van der Waals surface area contributed by atoms with Gasteiger partial charge in [-0.15, -0.1) is 11.3 Å². The molecule has 142 valence electrons. The third-order valence-electron chi connectivity index (χ3n) is 5.28. The summed E-state index contributed by atoms with van der Waals surface area (Å²) in [6, 6.07) is 30.1. The molecule has 5 rings (SSSR count). The van der Waals surface area contributed by atoms with E-state index in [9.17, 15) is 0 Å². The number of hydrogen-bond donors (Lipinski definition) is 0. The van der Waals surface area contributed by atoms with Crippen LogP contribution >= 0.6 is 22.9 Å². The molecule has 0 saturated carbocycles. The van der Waals surface area contributed by atoms with Crippen LogP contribution < -0.4 is 4.90 Å². The van der Waals surface area contributed by atoms with Gasteiger partial charge in [-0.2, -0.15) is 0 Å². The zero-order chi connectivity index (χ0) is 20.0. The average molecular weight is 414 g/mol. The van der Waals surface area contributed by atoms with Crippen molar-refractivity contribution in [1.82, 2.24) is 0 Å². The topological polar surface area (TPSA) is 3.24 Å². The highest BCUT2D eigenvalue weighted by molar-refractivity contribution is 7.26. The van der Waals surface area contributed by atoms with Crippen LogP contribution in [-0.2, 0) is 0 Å². The molecule has 4 aromatic carbocycles. The summed E-state index contributed by atoms with van der Waals surface area (Å²) >= 11 is 8.39. The van der Waals surface area contributed by atoms with Crippen molar-refractivity contribution >= 4 is 60.2 Å². The van der Waals surface area contributed by atoms with Crippen LogP contribution in [0.3, 0.4) is 0 Å². The van der Waals surface area contributed by atoms with E-state index in [2.05, 4.69) is 97.6 Å². The van der Waals surface area contributed by atoms with Gasteiger partial charge in [0.1, 0.15) is 0 Å². The van der Waals surface area contributed by atoms with E-state index in [1.165, 1.54) is 26.6 Å². The molecule has 0 aliphatic heterocycles. The Balaban J connectivity index is 1.85.